The topological polar surface area (TPSA) is 27.0 Å². The third kappa shape index (κ3) is 11.1. The van der Waals surface area contributed by atoms with E-state index in [1.807, 2.05) is 0 Å². The van der Waals surface area contributed by atoms with Crippen LogP contribution in [0, 0.1) is 11.8 Å². The first-order valence-corrected chi connectivity index (χ1v) is 9.88. The Morgan fingerprint density at radius 1 is 0.818 bits per heavy atom. The molecule has 0 saturated carbocycles. The lowest BCUT2D eigenvalue weighted by molar-refractivity contribution is 0.234. The van der Waals surface area contributed by atoms with Crippen LogP contribution in [0.15, 0.2) is 0 Å². The summed E-state index contributed by atoms with van der Waals surface area (Å²) < 4.78 is 0. The lowest BCUT2D eigenvalue weighted by atomic mass is 10.1. The lowest BCUT2D eigenvalue weighted by Gasteiger charge is -2.24. The summed E-state index contributed by atoms with van der Waals surface area (Å²) in [5.41, 5.74) is 0. The molecule has 0 bridgehead atoms. The molecule has 1 atom stereocenters. The molecule has 1 fully saturated rings. The van der Waals surface area contributed by atoms with E-state index in [1.54, 1.807) is 0 Å². The molecule has 1 rings (SSSR count). The summed E-state index contributed by atoms with van der Waals surface area (Å²) >= 11 is 0. The standard InChI is InChI=1S/C19H39N.CHN/c1-3-5-7-8-9-10-11-12-13-17-20-18-14-16-19(20)15-6-4-2;1-2/h19H,3-18H2,1-2H3;1H. The molecule has 0 aromatic carbocycles. The molecule has 1 unspecified atom stereocenters. The van der Waals surface area contributed by atoms with E-state index in [0.29, 0.717) is 0 Å². The Morgan fingerprint density at radius 3 is 1.95 bits per heavy atom. The van der Waals surface area contributed by atoms with Gasteiger partial charge in [-0.25, -0.2) is 5.26 Å². The van der Waals surface area contributed by atoms with Crippen molar-refractivity contribution in [3.05, 3.63) is 0 Å². The Bertz CT molecular complexity index is 237. The predicted octanol–water partition coefficient (Wildman–Crippen LogP) is 6.31. The van der Waals surface area contributed by atoms with Crippen LogP contribution < -0.4 is 0 Å². The minimum absolute atomic E-state index is 0.934. The monoisotopic (exact) mass is 308 g/mol. The fraction of sp³-hybridized carbons (Fsp3) is 0.950. The van der Waals surface area contributed by atoms with Crippen LogP contribution >= 0.6 is 0 Å². The van der Waals surface area contributed by atoms with Gasteiger partial charge in [0.25, 0.3) is 0 Å². The van der Waals surface area contributed by atoms with Gasteiger partial charge in [-0.2, -0.15) is 0 Å². The van der Waals surface area contributed by atoms with Gasteiger partial charge in [-0.3, -0.25) is 0 Å². The number of nitriles is 1. The molecule has 0 aromatic heterocycles. The maximum atomic E-state index is 6.50. The zero-order valence-corrected chi connectivity index (χ0v) is 15.4. The van der Waals surface area contributed by atoms with Crippen LogP contribution in [0.5, 0.6) is 0 Å². The molecule has 130 valence electrons. The largest absolute Gasteiger partial charge is 0.300 e. The van der Waals surface area contributed by atoms with E-state index in [-0.39, 0.29) is 0 Å². The van der Waals surface area contributed by atoms with E-state index in [1.165, 1.54) is 103 Å². The van der Waals surface area contributed by atoms with Gasteiger partial charge in [0, 0.05) is 12.6 Å². The van der Waals surface area contributed by atoms with Gasteiger partial charge in [0.05, 0.1) is 0 Å². The van der Waals surface area contributed by atoms with Crippen molar-refractivity contribution in [2.45, 2.75) is 110 Å². The summed E-state index contributed by atoms with van der Waals surface area (Å²) in [7, 11) is 0. The van der Waals surface area contributed by atoms with E-state index in [2.05, 4.69) is 25.3 Å². The molecule has 1 heterocycles. The molecule has 0 radical (unpaired) electrons. The third-order valence-electron chi connectivity index (χ3n) is 4.94. The number of unbranched alkanes of at least 4 members (excludes halogenated alkanes) is 9. The SMILES string of the molecule is C#N.CCCCCCCCCCCN1CCCC1CCCC. The van der Waals surface area contributed by atoms with Crippen molar-refractivity contribution in [1.82, 2.24) is 4.90 Å². The molecule has 0 N–H and O–H groups in total. The Morgan fingerprint density at radius 2 is 1.36 bits per heavy atom. The van der Waals surface area contributed by atoms with Crippen LogP contribution in [0.2, 0.25) is 0 Å². The van der Waals surface area contributed by atoms with Gasteiger partial charge < -0.3 is 4.90 Å². The summed E-state index contributed by atoms with van der Waals surface area (Å²) in [5, 5.41) is 6.50. The first-order valence-electron chi connectivity index (χ1n) is 9.88. The van der Waals surface area contributed by atoms with Gasteiger partial charge in [-0.15, -0.1) is 0 Å². The molecular formula is C20H40N2. The van der Waals surface area contributed by atoms with Gasteiger partial charge in [-0.05, 0) is 38.8 Å². The molecular weight excluding hydrogens is 268 g/mol. The van der Waals surface area contributed by atoms with Crippen LogP contribution in [-0.4, -0.2) is 24.0 Å². The van der Waals surface area contributed by atoms with Gasteiger partial charge in [0.1, 0.15) is 0 Å². The molecule has 0 spiro atoms. The number of hydrogen-bond donors (Lipinski definition) is 0. The van der Waals surface area contributed by atoms with Crippen molar-refractivity contribution >= 4 is 0 Å². The van der Waals surface area contributed by atoms with Gasteiger partial charge in [0.2, 0.25) is 0 Å². The maximum absolute atomic E-state index is 6.50. The average Bonchev–Trinajstić information content (AvgIpc) is 3.00. The number of nitrogens with zero attached hydrogens (tertiary/aromatic N) is 2. The highest BCUT2D eigenvalue weighted by Crippen LogP contribution is 2.22. The number of likely N-dealkylation sites (tertiary alicyclic amines) is 1. The summed E-state index contributed by atoms with van der Waals surface area (Å²) in [6, 6.07) is 0.934. The normalized spacial score (nSPS) is 18.1. The fourth-order valence-corrected chi connectivity index (χ4v) is 3.58. The molecule has 2 heteroatoms. The summed E-state index contributed by atoms with van der Waals surface area (Å²) in [4.78, 5) is 2.79. The highest BCUT2D eigenvalue weighted by molar-refractivity contribution is 4.78. The van der Waals surface area contributed by atoms with Crippen molar-refractivity contribution < 1.29 is 0 Å². The van der Waals surface area contributed by atoms with Crippen LogP contribution in [0.4, 0.5) is 0 Å². The molecule has 1 saturated heterocycles. The van der Waals surface area contributed by atoms with Crippen LogP contribution in [0.25, 0.3) is 0 Å². The third-order valence-corrected chi connectivity index (χ3v) is 4.94. The van der Waals surface area contributed by atoms with E-state index >= 15 is 0 Å². The van der Waals surface area contributed by atoms with Crippen molar-refractivity contribution in [2.75, 3.05) is 13.1 Å². The maximum Gasteiger partial charge on any atom is 0.0462 e. The molecule has 0 aromatic rings. The minimum Gasteiger partial charge on any atom is -0.300 e. The van der Waals surface area contributed by atoms with Crippen molar-refractivity contribution in [1.29, 1.82) is 5.26 Å². The average molecular weight is 309 g/mol. The van der Waals surface area contributed by atoms with E-state index < -0.39 is 0 Å². The van der Waals surface area contributed by atoms with E-state index in [0.717, 1.165) is 6.04 Å². The fourth-order valence-electron chi connectivity index (χ4n) is 3.58. The Hall–Kier alpha value is -0.550. The Kier molecular flexibility index (Phi) is 16.4. The Balaban J connectivity index is 0.00000211. The molecule has 0 amide bonds. The molecule has 1 aliphatic rings. The van der Waals surface area contributed by atoms with Crippen molar-refractivity contribution in [2.24, 2.45) is 0 Å². The zero-order chi connectivity index (χ0) is 16.5. The smallest absolute Gasteiger partial charge is 0.0462 e. The second-order valence-electron chi connectivity index (χ2n) is 6.80. The van der Waals surface area contributed by atoms with Crippen molar-refractivity contribution in [3.63, 3.8) is 0 Å². The van der Waals surface area contributed by atoms with Gasteiger partial charge in [-0.1, -0.05) is 78.1 Å². The van der Waals surface area contributed by atoms with Gasteiger partial charge >= 0.3 is 0 Å². The lowest BCUT2D eigenvalue weighted by Crippen LogP contribution is -2.30. The quantitative estimate of drug-likeness (QED) is 0.373. The first kappa shape index (κ1) is 21.4. The van der Waals surface area contributed by atoms with Crippen molar-refractivity contribution in [3.8, 4) is 6.57 Å². The minimum atomic E-state index is 0.934. The van der Waals surface area contributed by atoms with Crippen LogP contribution in [-0.2, 0) is 0 Å². The highest BCUT2D eigenvalue weighted by Gasteiger charge is 2.22. The summed E-state index contributed by atoms with van der Waals surface area (Å²) in [6.45, 7) is 10.9. The molecule has 1 aliphatic heterocycles. The predicted molar refractivity (Wildman–Crippen MR) is 98.0 cm³/mol. The molecule has 22 heavy (non-hydrogen) atoms. The first-order chi connectivity index (χ1) is 10.9. The summed E-state index contributed by atoms with van der Waals surface area (Å²) in [6.07, 6.45) is 20.2. The molecule has 0 aliphatic carbocycles. The second-order valence-corrected chi connectivity index (χ2v) is 6.80. The molecule has 2 nitrogen and oxygen atoms in total. The number of rotatable bonds is 13. The highest BCUT2D eigenvalue weighted by atomic mass is 15.2. The number of hydrogen-bond acceptors (Lipinski definition) is 2. The Labute approximate surface area is 140 Å². The second kappa shape index (κ2) is 16.8. The summed E-state index contributed by atoms with van der Waals surface area (Å²) in [5.74, 6) is 0. The zero-order valence-electron chi connectivity index (χ0n) is 15.4. The van der Waals surface area contributed by atoms with E-state index in [4.69, 9.17) is 5.26 Å². The van der Waals surface area contributed by atoms with E-state index in [9.17, 15) is 0 Å². The van der Waals surface area contributed by atoms with Gasteiger partial charge in [0.15, 0.2) is 0 Å². The van der Waals surface area contributed by atoms with Crippen LogP contribution in [0.1, 0.15) is 104 Å². The van der Waals surface area contributed by atoms with Crippen LogP contribution in [0.3, 0.4) is 0 Å².